The third-order valence-electron chi connectivity index (χ3n) is 3.13. The minimum atomic E-state index is -0.918. The monoisotopic (exact) mass is 298 g/mol. The maximum absolute atomic E-state index is 11.9. The van der Waals surface area contributed by atoms with Gasteiger partial charge < -0.3 is 15.7 Å². The van der Waals surface area contributed by atoms with Crippen molar-refractivity contribution < 1.29 is 14.7 Å². The Hall–Kier alpha value is -1.56. The molecule has 0 saturated heterocycles. The van der Waals surface area contributed by atoms with Gasteiger partial charge in [0.25, 0.3) is 0 Å². The van der Waals surface area contributed by atoms with E-state index < -0.39 is 12.0 Å². The summed E-state index contributed by atoms with van der Waals surface area (Å²) in [5.41, 5.74) is 1.91. The van der Waals surface area contributed by atoms with E-state index in [1.165, 1.54) is 0 Å². The number of urea groups is 1. The van der Waals surface area contributed by atoms with Crippen molar-refractivity contribution in [3.05, 3.63) is 21.9 Å². The van der Waals surface area contributed by atoms with Crippen molar-refractivity contribution in [3.63, 3.8) is 0 Å². The minimum Gasteiger partial charge on any atom is -0.481 e. The van der Waals surface area contributed by atoms with E-state index in [-0.39, 0.29) is 17.9 Å². The summed E-state index contributed by atoms with van der Waals surface area (Å²) in [6.45, 7) is 8.16. The van der Waals surface area contributed by atoms with E-state index in [2.05, 4.69) is 10.6 Å². The molecule has 3 N–H and O–H groups in total. The first-order valence-corrected chi connectivity index (χ1v) is 7.42. The zero-order valence-electron chi connectivity index (χ0n) is 12.3. The first-order chi connectivity index (χ1) is 9.20. The molecule has 1 atom stereocenters. The van der Waals surface area contributed by atoms with Crippen molar-refractivity contribution in [3.8, 4) is 0 Å². The molecule has 0 radical (unpaired) electrons. The van der Waals surface area contributed by atoms with Crippen LogP contribution in [0.1, 0.15) is 38.3 Å². The fourth-order valence-corrected chi connectivity index (χ4v) is 2.56. The second-order valence-electron chi connectivity index (χ2n) is 5.92. The molecule has 6 heteroatoms. The Balaban J connectivity index is 2.54. The van der Waals surface area contributed by atoms with Gasteiger partial charge in [-0.25, -0.2) is 4.79 Å². The molecule has 0 aliphatic carbocycles. The van der Waals surface area contributed by atoms with Crippen LogP contribution in [0.5, 0.6) is 0 Å². The summed E-state index contributed by atoms with van der Waals surface area (Å²) in [6, 6.07) is -0.750. The Labute approximate surface area is 123 Å². The summed E-state index contributed by atoms with van der Waals surface area (Å²) in [5.74, 6) is -0.918. The Bertz CT molecular complexity index is 477. The number of nitrogens with one attached hydrogen (secondary N) is 2. The third kappa shape index (κ3) is 5.21. The summed E-state index contributed by atoms with van der Waals surface area (Å²) >= 11 is 1.60. The molecule has 20 heavy (non-hydrogen) atoms. The average Bonchev–Trinajstić information content (AvgIpc) is 2.69. The smallest absolute Gasteiger partial charge is 0.315 e. The zero-order chi connectivity index (χ0) is 15.3. The fraction of sp³-hybridized carbons (Fsp3) is 0.571. The normalized spacial score (nSPS) is 12.8. The summed E-state index contributed by atoms with van der Waals surface area (Å²) in [7, 11) is 0. The Morgan fingerprint density at radius 3 is 2.45 bits per heavy atom. The van der Waals surface area contributed by atoms with Gasteiger partial charge in [0.1, 0.15) is 0 Å². The molecule has 0 spiro atoms. The van der Waals surface area contributed by atoms with Crippen LogP contribution in [0.2, 0.25) is 0 Å². The van der Waals surface area contributed by atoms with Crippen LogP contribution in [-0.4, -0.2) is 23.1 Å². The lowest BCUT2D eigenvalue weighted by molar-refractivity contribution is -0.138. The SMILES string of the molecule is Cc1cscc1CNC(=O)NC(CC(=O)O)C(C)(C)C. The molecule has 1 heterocycles. The van der Waals surface area contributed by atoms with Gasteiger partial charge in [-0.05, 0) is 34.2 Å². The topological polar surface area (TPSA) is 78.4 Å². The maximum Gasteiger partial charge on any atom is 0.315 e. The van der Waals surface area contributed by atoms with Crippen LogP contribution in [0.15, 0.2) is 10.8 Å². The van der Waals surface area contributed by atoms with Gasteiger partial charge in [-0.15, -0.1) is 0 Å². The Morgan fingerprint density at radius 1 is 1.35 bits per heavy atom. The van der Waals surface area contributed by atoms with Crippen LogP contribution in [0.3, 0.4) is 0 Å². The lowest BCUT2D eigenvalue weighted by Gasteiger charge is -2.30. The molecule has 1 aromatic rings. The highest BCUT2D eigenvalue weighted by molar-refractivity contribution is 7.08. The van der Waals surface area contributed by atoms with Crippen molar-refractivity contribution in [2.24, 2.45) is 5.41 Å². The molecular weight excluding hydrogens is 276 g/mol. The van der Waals surface area contributed by atoms with E-state index in [0.717, 1.165) is 11.1 Å². The Kier molecular flexibility index (Phi) is 5.56. The zero-order valence-corrected chi connectivity index (χ0v) is 13.1. The lowest BCUT2D eigenvalue weighted by atomic mass is 9.85. The van der Waals surface area contributed by atoms with E-state index in [1.807, 2.05) is 38.5 Å². The molecule has 1 unspecified atom stereocenters. The van der Waals surface area contributed by atoms with E-state index in [1.54, 1.807) is 11.3 Å². The van der Waals surface area contributed by atoms with Gasteiger partial charge in [-0.3, -0.25) is 4.79 Å². The molecule has 0 aliphatic heterocycles. The van der Waals surface area contributed by atoms with E-state index >= 15 is 0 Å². The molecule has 2 amide bonds. The van der Waals surface area contributed by atoms with Gasteiger partial charge in [-0.2, -0.15) is 11.3 Å². The van der Waals surface area contributed by atoms with Gasteiger partial charge in [0.2, 0.25) is 0 Å². The van der Waals surface area contributed by atoms with Crippen molar-refractivity contribution in [1.29, 1.82) is 0 Å². The number of carboxylic acids is 1. The lowest BCUT2D eigenvalue weighted by Crippen LogP contribution is -2.48. The molecule has 0 bridgehead atoms. The molecule has 1 rings (SSSR count). The van der Waals surface area contributed by atoms with Crippen molar-refractivity contribution in [1.82, 2.24) is 10.6 Å². The first kappa shape index (κ1) is 16.5. The third-order valence-corrected chi connectivity index (χ3v) is 4.04. The summed E-state index contributed by atoms with van der Waals surface area (Å²) < 4.78 is 0. The number of hydrogen-bond donors (Lipinski definition) is 3. The van der Waals surface area contributed by atoms with E-state index in [4.69, 9.17) is 5.11 Å². The minimum absolute atomic E-state index is 0.0889. The number of rotatable bonds is 5. The number of amides is 2. The highest BCUT2D eigenvalue weighted by Crippen LogP contribution is 2.21. The molecule has 0 saturated carbocycles. The second kappa shape index (κ2) is 6.74. The van der Waals surface area contributed by atoms with Crippen LogP contribution in [0, 0.1) is 12.3 Å². The molecule has 0 aromatic carbocycles. The number of aliphatic carboxylic acids is 1. The molecule has 0 fully saturated rings. The first-order valence-electron chi connectivity index (χ1n) is 6.48. The standard InChI is InChI=1S/C14H22N2O3S/c1-9-7-20-8-10(9)6-15-13(19)16-11(5-12(17)18)14(2,3)4/h7-8,11H,5-6H2,1-4H3,(H,17,18)(H2,15,16,19). The maximum atomic E-state index is 11.9. The van der Waals surface area contributed by atoms with Gasteiger partial charge in [0.05, 0.1) is 6.42 Å². The molecule has 1 aromatic heterocycles. The van der Waals surface area contributed by atoms with Crippen LogP contribution in [0.4, 0.5) is 4.79 Å². The van der Waals surface area contributed by atoms with Crippen LogP contribution < -0.4 is 10.6 Å². The molecule has 112 valence electrons. The highest BCUT2D eigenvalue weighted by Gasteiger charge is 2.28. The predicted molar refractivity (Wildman–Crippen MR) is 79.9 cm³/mol. The van der Waals surface area contributed by atoms with Gasteiger partial charge >= 0.3 is 12.0 Å². The van der Waals surface area contributed by atoms with Crippen LogP contribution in [0.25, 0.3) is 0 Å². The number of thiophene rings is 1. The van der Waals surface area contributed by atoms with E-state index in [9.17, 15) is 9.59 Å². The molecular formula is C14H22N2O3S. The number of hydrogen-bond acceptors (Lipinski definition) is 3. The van der Waals surface area contributed by atoms with Crippen molar-refractivity contribution in [2.45, 2.75) is 46.7 Å². The van der Waals surface area contributed by atoms with Gasteiger partial charge in [-0.1, -0.05) is 20.8 Å². The molecule has 0 aliphatic rings. The predicted octanol–water partition coefficient (Wildman–Crippen LogP) is 2.75. The second-order valence-corrected chi connectivity index (χ2v) is 6.67. The molecule has 5 nitrogen and oxygen atoms in total. The summed E-state index contributed by atoms with van der Waals surface area (Å²) in [6.07, 6.45) is -0.0889. The quantitative estimate of drug-likeness (QED) is 0.782. The van der Waals surface area contributed by atoms with E-state index in [0.29, 0.717) is 6.54 Å². The highest BCUT2D eigenvalue weighted by atomic mass is 32.1. The fourth-order valence-electron chi connectivity index (χ4n) is 1.70. The summed E-state index contributed by atoms with van der Waals surface area (Å²) in [5, 5.41) is 18.4. The largest absolute Gasteiger partial charge is 0.481 e. The van der Waals surface area contributed by atoms with Gasteiger partial charge in [0.15, 0.2) is 0 Å². The number of carboxylic acid groups (broad SMARTS) is 1. The van der Waals surface area contributed by atoms with Crippen molar-refractivity contribution >= 4 is 23.3 Å². The average molecular weight is 298 g/mol. The summed E-state index contributed by atoms with van der Waals surface area (Å²) in [4.78, 5) is 22.7. The number of carbonyl (C=O) groups is 2. The number of aryl methyl sites for hydroxylation is 1. The van der Waals surface area contributed by atoms with Crippen molar-refractivity contribution in [2.75, 3.05) is 0 Å². The van der Waals surface area contributed by atoms with Crippen LogP contribution in [-0.2, 0) is 11.3 Å². The number of carbonyl (C=O) groups excluding carboxylic acids is 1. The van der Waals surface area contributed by atoms with Crippen LogP contribution >= 0.6 is 11.3 Å². The van der Waals surface area contributed by atoms with Gasteiger partial charge in [0, 0.05) is 12.6 Å². The Morgan fingerprint density at radius 2 is 2.00 bits per heavy atom.